The molecule has 1 aliphatic heterocycles. The molecule has 0 saturated heterocycles. The molecule has 0 amide bonds. The molecular weight excluding hydrogens is 196 g/mol. The van der Waals surface area contributed by atoms with Gasteiger partial charge in [-0.2, -0.15) is 0 Å². The molecule has 1 aliphatic rings. The van der Waals surface area contributed by atoms with Crippen molar-refractivity contribution in [3.05, 3.63) is 47.4 Å². The Morgan fingerprint density at radius 3 is 2.73 bits per heavy atom. The molecule has 1 unspecified atom stereocenters. The van der Waals surface area contributed by atoms with Gasteiger partial charge in [0.15, 0.2) is 0 Å². The normalized spacial score (nSPS) is 19.0. The second-order valence-corrected chi connectivity index (χ2v) is 3.23. The third-order valence-electron chi connectivity index (χ3n) is 2.19. The zero-order valence-corrected chi connectivity index (χ0v) is 8.14. The van der Waals surface area contributed by atoms with Gasteiger partial charge in [-0.25, -0.2) is 4.79 Å². The van der Waals surface area contributed by atoms with Crippen molar-refractivity contribution in [2.75, 3.05) is 0 Å². The molecule has 0 spiro atoms. The highest BCUT2D eigenvalue weighted by atomic mass is 16.7. The van der Waals surface area contributed by atoms with Crippen molar-refractivity contribution in [3.63, 3.8) is 0 Å². The van der Waals surface area contributed by atoms with Gasteiger partial charge in [0.05, 0.1) is 0 Å². The van der Waals surface area contributed by atoms with Crippen molar-refractivity contribution in [1.29, 1.82) is 0 Å². The Labute approximate surface area is 86.7 Å². The van der Waals surface area contributed by atoms with Gasteiger partial charge >= 0.3 is 5.97 Å². The van der Waals surface area contributed by atoms with E-state index in [-0.39, 0.29) is 5.76 Å². The van der Waals surface area contributed by atoms with Crippen LogP contribution in [-0.4, -0.2) is 11.1 Å². The summed E-state index contributed by atoms with van der Waals surface area (Å²) in [7, 11) is 0. The lowest BCUT2D eigenvalue weighted by Crippen LogP contribution is -2.05. The van der Waals surface area contributed by atoms with Crippen LogP contribution in [0.2, 0.25) is 0 Å². The topological polar surface area (TPSA) is 55.8 Å². The number of aliphatic carboxylic acids is 1. The summed E-state index contributed by atoms with van der Waals surface area (Å²) in [6.45, 7) is 1.92. The highest BCUT2D eigenvalue weighted by Gasteiger charge is 2.26. The largest absolute Gasteiger partial charge is 0.475 e. The molecule has 1 aromatic rings. The van der Waals surface area contributed by atoms with Crippen LogP contribution in [0.3, 0.4) is 0 Å². The Hall–Kier alpha value is -1.97. The maximum atomic E-state index is 10.6. The smallest absolute Gasteiger partial charge is 0.374 e. The summed E-state index contributed by atoms with van der Waals surface area (Å²) in [5.74, 6) is -1.28. The molecule has 4 heteroatoms. The van der Waals surface area contributed by atoms with Gasteiger partial charge in [0.25, 0.3) is 6.29 Å². The fraction of sp³-hybridized carbons (Fsp3) is 0.182. The lowest BCUT2D eigenvalue weighted by atomic mass is 10.1. The van der Waals surface area contributed by atoms with Gasteiger partial charge in [0, 0.05) is 5.56 Å². The highest BCUT2D eigenvalue weighted by molar-refractivity contribution is 5.84. The van der Waals surface area contributed by atoms with E-state index >= 15 is 0 Å². The molecule has 4 nitrogen and oxygen atoms in total. The van der Waals surface area contributed by atoms with E-state index in [1.165, 1.54) is 0 Å². The molecule has 0 fully saturated rings. The standard InChI is InChI=1S/C11H10O4/c1-7-4-2-3-5-8(7)11-14-6-9(15-11)10(12)13/h2-6,11H,1H3,(H,12,13). The summed E-state index contributed by atoms with van der Waals surface area (Å²) in [6, 6.07) is 7.52. The first-order valence-electron chi connectivity index (χ1n) is 4.49. The SMILES string of the molecule is Cc1ccccc1C1OC=C(C(=O)O)O1. The molecule has 0 aliphatic carbocycles. The van der Waals surface area contributed by atoms with Gasteiger partial charge in [0.1, 0.15) is 6.26 Å². The molecule has 0 radical (unpaired) electrons. The van der Waals surface area contributed by atoms with Crippen LogP contribution in [0.15, 0.2) is 36.3 Å². The number of hydrogen-bond acceptors (Lipinski definition) is 3. The van der Waals surface area contributed by atoms with Crippen molar-refractivity contribution in [2.45, 2.75) is 13.2 Å². The Morgan fingerprint density at radius 1 is 1.40 bits per heavy atom. The first-order valence-corrected chi connectivity index (χ1v) is 4.49. The lowest BCUT2D eigenvalue weighted by Gasteiger charge is -2.13. The minimum Gasteiger partial charge on any atom is -0.475 e. The summed E-state index contributed by atoms with van der Waals surface area (Å²) < 4.78 is 10.3. The number of benzene rings is 1. The van der Waals surface area contributed by atoms with E-state index in [0.29, 0.717) is 0 Å². The molecular formula is C11H10O4. The third-order valence-corrected chi connectivity index (χ3v) is 2.19. The van der Waals surface area contributed by atoms with Crippen molar-refractivity contribution < 1.29 is 19.4 Å². The minimum atomic E-state index is -1.12. The van der Waals surface area contributed by atoms with Gasteiger partial charge in [-0.05, 0) is 12.5 Å². The predicted octanol–water partition coefficient (Wildman–Crippen LogP) is 1.97. The minimum absolute atomic E-state index is 0.164. The van der Waals surface area contributed by atoms with Gasteiger partial charge in [-0.3, -0.25) is 0 Å². The number of rotatable bonds is 2. The molecule has 0 aromatic heterocycles. The Bertz CT molecular complexity index is 422. The van der Waals surface area contributed by atoms with Crippen LogP contribution in [0.5, 0.6) is 0 Å². The zero-order chi connectivity index (χ0) is 10.8. The molecule has 15 heavy (non-hydrogen) atoms. The molecule has 0 saturated carbocycles. The average Bonchev–Trinajstić information content (AvgIpc) is 2.67. The average molecular weight is 206 g/mol. The number of carbonyl (C=O) groups is 1. The van der Waals surface area contributed by atoms with E-state index in [9.17, 15) is 4.79 Å². The van der Waals surface area contributed by atoms with E-state index in [2.05, 4.69) is 0 Å². The van der Waals surface area contributed by atoms with E-state index < -0.39 is 12.3 Å². The van der Waals surface area contributed by atoms with Crippen LogP contribution in [0.4, 0.5) is 0 Å². The van der Waals surface area contributed by atoms with Gasteiger partial charge < -0.3 is 14.6 Å². The van der Waals surface area contributed by atoms with Crippen LogP contribution in [0.1, 0.15) is 17.4 Å². The van der Waals surface area contributed by atoms with Crippen molar-refractivity contribution in [1.82, 2.24) is 0 Å². The van der Waals surface area contributed by atoms with E-state index in [4.69, 9.17) is 14.6 Å². The van der Waals surface area contributed by atoms with Crippen molar-refractivity contribution >= 4 is 5.97 Å². The molecule has 1 aromatic carbocycles. The molecule has 2 rings (SSSR count). The molecule has 1 atom stereocenters. The van der Waals surface area contributed by atoms with E-state index in [0.717, 1.165) is 17.4 Å². The van der Waals surface area contributed by atoms with Crippen LogP contribution < -0.4 is 0 Å². The number of ether oxygens (including phenoxy) is 2. The molecule has 0 bridgehead atoms. The van der Waals surface area contributed by atoms with Gasteiger partial charge in [-0.1, -0.05) is 24.3 Å². The molecule has 1 heterocycles. The molecule has 78 valence electrons. The maximum Gasteiger partial charge on any atom is 0.374 e. The summed E-state index contributed by atoms with van der Waals surface area (Å²) in [5.41, 5.74) is 1.84. The number of hydrogen-bond donors (Lipinski definition) is 1. The predicted molar refractivity (Wildman–Crippen MR) is 51.8 cm³/mol. The fourth-order valence-electron chi connectivity index (χ4n) is 1.38. The Morgan fingerprint density at radius 2 is 2.13 bits per heavy atom. The van der Waals surface area contributed by atoms with E-state index in [1.807, 2.05) is 31.2 Å². The monoisotopic (exact) mass is 206 g/mol. The van der Waals surface area contributed by atoms with Crippen molar-refractivity contribution in [2.24, 2.45) is 0 Å². The van der Waals surface area contributed by atoms with E-state index in [1.54, 1.807) is 0 Å². The first kappa shape index (κ1) is 9.58. The maximum absolute atomic E-state index is 10.6. The zero-order valence-electron chi connectivity index (χ0n) is 8.14. The van der Waals surface area contributed by atoms with Gasteiger partial charge in [0.2, 0.25) is 5.76 Å². The molecule has 1 N–H and O–H groups in total. The summed E-state index contributed by atoms with van der Waals surface area (Å²) in [5, 5.41) is 8.67. The second-order valence-electron chi connectivity index (χ2n) is 3.23. The number of carboxylic acid groups (broad SMARTS) is 1. The summed E-state index contributed by atoms with van der Waals surface area (Å²) in [4.78, 5) is 10.6. The third kappa shape index (κ3) is 1.79. The summed E-state index contributed by atoms with van der Waals surface area (Å²) in [6.07, 6.45) is 0.483. The fourth-order valence-corrected chi connectivity index (χ4v) is 1.38. The number of aryl methyl sites for hydroxylation is 1. The highest BCUT2D eigenvalue weighted by Crippen LogP contribution is 2.30. The quantitative estimate of drug-likeness (QED) is 0.803. The Balaban J connectivity index is 2.17. The van der Waals surface area contributed by atoms with Crippen molar-refractivity contribution in [3.8, 4) is 0 Å². The Kier molecular flexibility index (Phi) is 2.33. The van der Waals surface area contributed by atoms with Crippen LogP contribution in [0.25, 0.3) is 0 Å². The lowest BCUT2D eigenvalue weighted by molar-refractivity contribution is -0.139. The second kappa shape index (κ2) is 3.65. The van der Waals surface area contributed by atoms with Crippen LogP contribution in [-0.2, 0) is 14.3 Å². The number of carboxylic acids is 1. The first-order chi connectivity index (χ1) is 7.18. The van der Waals surface area contributed by atoms with Crippen LogP contribution in [0, 0.1) is 6.92 Å². The van der Waals surface area contributed by atoms with Crippen LogP contribution >= 0.6 is 0 Å². The van der Waals surface area contributed by atoms with Gasteiger partial charge in [-0.15, -0.1) is 0 Å². The summed E-state index contributed by atoms with van der Waals surface area (Å²) >= 11 is 0.